The summed E-state index contributed by atoms with van der Waals surface area (Å²) >= 11 is 0. The molecule has 3 heterocycles. The summed E-state index contributed by atoms with van der Waals surface area (Å²) < 4.78 is 0. The molecule has 118 valence electrons. The highest BCUT2D eigenvalue weighted by atomic mass is 15.2. The van der Waals surface area contributed by atoms with Gasteiger partial charge in [0.05, 0.1) is 11.4 Å². The van der Waals surface area contributed by atoms with E-state index >= 15 is 0 Å². The van der Waals surface area contributed by atoms with Crippen LogP contribution in [-0.4, -0.2) is 33.2 Å². The number of benzene rings is 1. The normalized spacial score (nSPS) is 17.0. The van der Waals surface area contributed by atoms with Crippen LogP contribution in [0.2, 0.25) is 0 Å². The SMILES string of the molecule is N#CN1CCC(c2cc(-c3cccc(-c4ccccc4)n3)n[nH]2)C1. The highest BCUT2D eigenvalue weighted by Crippen LogP contribution is 2.28. The summed E-state index contributed by atoms with van der Waals surface area (Å²) in [6.07, 6.45) is 3.19. The van der Waals surface area contributed by atoms with Crippen LogP contribution >= 0.6 is 0 Å². The van der Waals surface area contributed by atoms with Gasteiger partial charge in [-0.1, -0.05) is 36.4 Å². The average Bonchev–Trinajstić information content (AvgIpc) is 3.32. The van der Waals surface area contributed by atoms with Crippen LogP contribution in [0, 0.1) is 11.5 Å². The maximum Gasteiger partial charge on any atom is 0.179 e. The number of nitrogens with zero attached hydrogens (tertiary/aromatic N) is 4. The molecule has 1 aliphatic heterocycles. The van der Waals surface area contributed by atoms with E-state index in [-0.39, 0.29) is 0 Å². The minimum absolute atomic E-state index is 0.336. The van der Waals surface area contributed by atoms with E-state index in [0.717, 1.165) is 47.8 Å². The number of nitriles is 1. The molecule has 0 amide bonds. The molecule has 1 aliphatic rings. The zero-order chi connectivity index (χ0) is 16.4. The molecule has 0 aliphatic carbocycles. The molecule has 1 saturated heterocycles. The number of rotatable bonds is 3. The third-order valence-corrected chi connectivity index (χ3v) is 4.45. The summed E-state index contributed by atoms with van der Waals surface area (Å²) in [5.74, 6) is 0.336. The second kappa shape index (κ2) is 6.17. The van der Waals surface area contributed by atoms with E-state index in [0.29, 0.717) is 5.92 Å². The second-order valence-electron chi connectivity index (χ2n) is 6.01. The van der Waals surface area contributed by atoms with E-state index in [2.05, 4.69) is 34.6 Å². The van der Waals surface area contributed by atoms with Crippen molar-refractivity contribution in [3.63, 3.8) is 0 Å². The predicted molar refractivity (Wildman–Crippen MR) is 91.8 cm³/mol. The van der Waals surface area contributed by atoms with Crippen LogP contribution in [0.4, 0.5) is 0 Å². The van der Waals surface area contributed by atoms with Gasteiger partial charge >= 0.3 is 0 Å². The molecule has 24 heavy (non-hydrogen) atoms. The van der Waals surface area contributed by atoms with Crippen molar-refractivity contribution >= 4 is 0 Å². The average molecular weight is 315 g/mol. The number of H-pyrrole nitrogens is 1. The summed E-state index contributed by atoms with van der Waals surface area (Å²) in [4.78, 5) is 6.53. The molecule has 5 nitrogen and oxygen atoms in total. The first-order chi connectivity index (χ1) is 11.8. The molecule has 2 aromatic heterocycles. The number of hydrogen-bond acceptors (Lipinski definition) is 4. The van der Waals surface area contributed by atoms with Crippen molar-refractivity contribution < 1.29 is 0 Å². The van der Waals surface area contributed by atoms with Crippen LogP contribution in [0.15, 0.2) is 54.6 Å². The van der Waals surface area contributed by atoms with Crippen molar-refractivity contribution in [3.8, 4) is 28.8 Å². The maximum absolute atomic E-state index is 8.99. The van der Waals surface area contributed by atoms with Gasteiger partial charge in [0.25, 0.3) is 0 Å². The van der Waals surface area contributed by atoms with E-state index in [9.17, 15) is 0 Å². The molecule has 1 atom stereocenters. The Balaban J connectivity index is 1.60. The molecule has 0 bridgehead atoms. The minimum atomic E-state index is 0.336. The van der Waals surface area contributed by atoms with Crippen molar-refractivity contribution in [2.75, 3.05) is 13.1 Å². The quantitative estimate of drug-likeness (QED) is 0.752. The molecular weight excluding hydrogens is 298 g/mol. The molecule has 3 aromatic rings. The van der Waals surface area contributed by atoms with E-state index in [4.69, 9.17) is 10.2 Å². The summed E-state index contributed by atoms with van der Waals surface area (Å²) in [7, 11) is 0. The summed E-state index contributed by atoms with van der Waals surface area (Å²) in [6, 6.07) is 18.2. The molecule has 5 heteroatoms. The van der Waals surface area contributed by atoms with Crippen molar-refractivity contribution in [3.05, 3.63) is 60.3 Å². The van der Waals surface area contributed by atoms with Gasteiger partial charge in [-0.2, -0.15) is 10.4 Å². The van der Waals surface area contributed by atoms with Crippen molar-refractivity contribution in [1.82, 2.24) is 20.1 Å². The van der Waals surface area contributed by atoms with Crippen LogP contribution < -0.4 is 0 Å². The second-order valence-corrected chi connectivity index (χ2v) is 6.01. The van der Waals surface area contributed by atoms with Crippen molar-refractivity contribution in [2.24, 2.45) is 0 Å². The highest BCUT2D eigenvalue weighted by Gasteiger charge is 2.24. The number of nitrogens with one attached hydrogen (secondary N) is 1. The standard InChI is InChI=1S/C19H17N5/c20-13-24-10-9-15(12-24)18-11-19(23-22-18)17-8-4-7-16(21-17)14-5-2-1-3-6-14/h1-8,11,15H,9-10,12H2,(H,22,23). The van der Waals surface area contributed by atoms with Gasteiger partial charge < -0.3 is 4.90 Å². The van der Waals surface area contributed by atoms with Gasteiger partial charge in [0, 0.05) is 30.3 Å². The van der Waals surface area contributed by atoms with Crippen LogP contribution in [0.1, 0.15) is 18.0 Å². The van der Waals surface area contributed by atoms with Gasteiger partial charge in [0.15, 0.2) is 6.19 Å². The van der Waals surface area contributed by atoms with Crippen LogP contribution in [0.3, 0.4) is 0 Å². The Kier molecular flexibility index (Phi) is 3.72. The van der Waals surface area contributed by atoms with Crippen molar-refractivity contribution in [1.29, 1.82) is 5.26 Å². The number of aromatic amines is 1. The number of hydrogen-bond donors (Lipinski definition) is 1. The van der Waals surface area contributed by atoms with E-state index in [1.165, 1.54) is 0 Å². The summed E-state index contributed by atoms with van der Waals surface area (Å²) in [6.45, 7) is 1.58. The fourth-order valence-electron chi connectivity index (χ4n) is 3.13. The van der Waals surface area contributed by atoms with Crippen LogP contribution in [-0.2, 0) is 0 Å². The lowest BCUT2D eigenvalue weighted by Crippen LogP contribution is -2.12. The lowest BCUT2D eigenvalue weighted by Gasteiger charge is -2.06. The van der Waals surface area contributed by atoms with Gasteiger partial charge in [-0.3, -0.25) is 5.10 Å². The molecule has 1 unspecified atom stereocenters. The van der Waals surface area contributed by atoms with Gasteiger partial charge in [-0.05, 0) is 24.6 Å². The molecule has 1 aromatic carbocycles. The van der Waals surface area contributed by atoms with Crippen LogP contribution in [0.5, 0.6) is 0 Å². The molecule has 1 fully saturated rings. The first-order valence-electron chi connectivity index (χ1n) is 8.06. The first kappa shape index (κ1) is 14.5. The third kappa shape index (κ3) is 2.74. The van der Waals surface area contributed by atoms with Gasteiger partial charge in [-0.15, -0.1) is 0 Å². The summed E-state index contributed by atoms with van der Waals surface area (Å²) in [5, 5.41) is 16.5. The Morgan fingerprint density at radius 3 is 2.67 bits per heavy atom. The fourth-order valence-corrected chi connectivity index (χ4v) is 3.13. The number of likely N-dealkylation sites (tertiary alicyclic amines) is 1. The third-order valence-electron chi connectivity index (χ3n) is 4.45. The molecule has 1 N–H and O–H groups in total. The largest absolute Gasteiger partial charge is 0.310 e. The Morgan fingerprint density at radius 1 is 1.04 bits per heavy atom. The lowest BCUT2D eigenvalue weighted by atomic mass is 10.0. The number of pyridine rings is 1. The smallest absolute Gasteiger partial charge is 0.179 e. The van der Waals surface area contributed by atoms with E-state index in [1.54, 1.807) is 4.90 Å². The molecule has 0 radical (unpaired) electrons. The lowest BCUT2D eigenvalue weighted by molar-refractivity contribution is 0.478. The molecule has 4 rings (SSSR count). The van der Waals surface area contributed by atoms with Gasteiger partial charge in [-0.25, -0.2) is 4.98 Å². The predicted octanol–water partition coefficient (Wildman–Crippen LogP) is 3.41. The Hall–Kier alpha value is -3.13. The van der Waals surface area contributed by atoms with Crippen molar-refractivity contribution in [2.45, 2.75) is 12.3 Å². The fraction of sp³-hybridized carbons (Fsp3) is 0.211. The Morgan fingerprint density at radius 2 is 1.88 bits per heavy atom. The zero-order valence-electron chi connectivity index (χ0n) is 13.2. The Bertz CT molecular complexity index is 878. The van der Waals surface area contributed by atoms with E-state index < -0.39 is 0 Å². The summed E-state index contributed by atoms with van der Waals surface area (Å²) in [5.41, 5.74) is 4.81. The zero-order valence-corrected chi connectivity index (χ0v) is 13.2. The van der Waals surface area contributed by atoms with Crippen LogP contribution in [0.25, 0.3) is 22.6 Å². The number of aromatic nitrogens is 3. The Labute approximate surface area is 140 Å². The van der Waals surface area contributed by atoms with E-state index in [1.807, 2.05) is 36.4 Å². The molecule has 0 saturated carbocycles. The maximum atomic E-state index is 8.99. The van der Waals surface area contributed by atoms with Gasteiger partial charge in [0.2, 0.25) is 0 Å². The van der Waals surface area contributed by atoms with Gasteiger partial charge in [0.1, 0.15) is 5.69 Å². The highest BCUT2D eigenvalue weighted by molar-refractivity contribution is 5.64. The minimum Gasteiger partial charge on any atom is -0.310 e. The topological polar surface area (TPSA) is 68.6 Å². The molecule has 0 spiro atoms. The monoisotopic (exact) mass is 315 g/mol. The first-order valence-corrected chi connectivity index (χ1v) is 8.06. The molecular formula is C19H17N5.